The Morgan fingerprint density at radius 2 is 2.19 bits per heavy atom. The molecule has 86 valence electrons. The molecule has 1 aliphatic rings. The largest absolute Gasteiger partial charge is 0.434 e. The van der Waals surface area contributed by atoms with E-state index in [4.69, 9.17) is 4.74 Å². The first kappa shape index (κ1) is 11.4. The van der Waals surface area contributed by atoms with Crippen molar-refractivity contribution >= 4 is 34.4 Å². The Hall–Kier alpha value is -1.05. The molecule has 0 radical (unpaired) electrons. The third kappa shape index (κ3) is 1.93. The summed E-state index contributed by atoms with van der Waals surface area (Å²) in [6.45, 7) is 3.43. The number of nitrogens with zero attached hydrogens (tertiary/aromatic N) is 1. The molecule has 0 spiro atoms. The molecule has 4 nitrogen and oxygen atoms in total. The van der Waals surface area contributed by atoms with Crippen LogP contribution in [0.1, 0.15) is 13.8 Å². The first-order valence-corrected chi connectivity index (χ1v) is 5.73. The van der Waals surface area contributed by atoms with Gasteiger partial charge in [-0.1, -0.05) is 0 Å². The quantitative estimate of drug-likeness (QED) is 0.845. The predicted octanol–water partition coefficient (Wildman–Crippen LogP) is 2.95. The molecule has 1 aromatic rings. The molecule has 0 aliphatic carbocycles. The van der Waals surface area contributed by atoms with Crippen LogP contribution < -0.4 is 5.43 Å². The Morgan fingerprint density at radius 3 is 2.69 bits per heavy atom. The molecule has 0 saturated carbocycles. The zero-order valence-electron chi connectivity index (χ0n) is 8.75. The van der Waals surface area contributed by atoms with Crippen LogP contribution in [0, 0.1) is 9.39 Å². The molecule has 0 aromatic heterocycles. The summed E-state index contributed by atoms with van der Waals surface area (Å²) in [6.07, 6.45) is -0.511. The molecule has 0 bridgehead atoms. The van der Waals surface area contributed by atoms with Crippen molar-refractivity contribution in [1.82, 2.24) is 5.01 Å². The summed E-state index contributed by atoms with van der Waals surface area (Å²) in [5, 5.41) is 1.25. The number of anilines is 1. The third-order valence-electron chi connectivity index (χ3n) is 2.22. The van der Waals surface area contributed by atoms with E-state index in [1.54, 1.807) is 26.0 Å². The number of ether oxygens (including phenoxy) is 1. The topological polar surface area (TPSA) is 41.6 Å². The van der Waals surface area contributed by atoms with E-state index >= 15 is 0 Å². The van der Waals surface area contributed by atoms with E-state index in [0.717, 1.165) is 3.57 Å². The highest BCUT2D eigenvalue weighted by molar-refractivity contribution is 14.1. The van der Waals surface area contributed by atoms with Crippen molar-refractivity contribution < 1.29 is 13.9 Å². The maximum absolute atomic E-state index is 13.5. The number of rotatable bonds is 2. The minimum absolute atomic E-state index is 0.255. The average Bonchev–Trinajstić information content (AvgIpc) is 2.15. The molecule has 1 N–H and O–H groups in total. The molecule has 2 rings (SSSR count). The lowest BCUT2D eigenvalue weighted by atomic mass is 10.2. The molecule has 1 heterocycles. The number of cyclic esters (lactones) is 1. The molecule has 1 amide bonds. The summed E-state index contributed by atoms with van der Waals surface area (Å²) < 4.78 is 19.2. The van der Waals surface area contributed by atoms with E-state index in [9.17, 15) is 9.18 Å². The van der Waals surface area contributed by atoms with Gasteiger partial charge in [0.25, 0.3) is 0 Å². The van der Waals surface area contributed by atoms with Crippen LogP contribution in [-0.2, 0) is 4.74 Å². The van der Waals surface area contributed by atoms with E-state index in [-0.39, 0.29) is 5.69 Å². The van der Waals surface area contributed by atoms with Crippen molar-refractivity contribution in [2.24, 2.45) is 0 Å². The molecule has 0 unspecified atom stereocenters. The fourth-order valence-electron chi connectivity index (χ4n) is 1.37. The first-order chi connectivity index (χ1) is 7.40. The van der Waals surface area contributed by atoms with Gasteiger partial charge in [0.2, 0.25) is 5.72 Å². The van der Waals surface area contributed by atoms with Gasteiger partial charge in [-0.25, -0.2) is 9.18 Å². The van der Waals surface area contributed by atoms with Gasteiger partial charge in [-0.2, -0.15) is 5.01 Å². The fourth-order valence-corrected chi connectivity index (χ4v) is 1.82. The van der Waals surface area contributed by atoms with Gasteiger partial charge in [0.1, 0.15) is 5.82 Å². The van der Waals surface area contributed by atoms with Gasteiger partial charge in [0, 0.05) is 3.57 Å². The Kier molecular flexibility index (Phi) is 2.69. The SMILES string of the molecule is CC1(C)OC(=O)N1Nc1ccc(I)cc1F. The molecule has 1 saturated heterocycles. The Morgan fingerprint density at radius 1 is 1.50 bits per heavy atom. The summed E-state index contributed by atoms with van der Waals surface area (Å²) in [7, 11) is 0. The smallest absolute Gasteiger partial charge is 0.420 e. The highest BCUT2D eigenvalue weighted by Gasteiger charge is 2.46. The van der Waals surface area contributed by atoms with E-state index in [1.807, 2.05) is 22.6 Å². The van der Waals surface area contributed by atoms with Gasteiger partial charge in [0.05, 0.1) is 5.69 Å². The minimum atomic E-state index is -0.744. The third-order valence-corrected chi connectivity index (χ3v) is 2.89. The van der Waals surface area contributed by atoms with E-state index < -0.39 is 17.6 Å². The maximum atomic E-state index is 13.5. The summed E-state index contributed by atoms with van der Waals surface area (Å²) >= 11 is 2.02. The zero-order valence-corrected chi connectivity index (χ0v) is 10.9. The zero-order chi connectivity index (χ0) is 11.9. The van der Waals surface area contributed by atoms with Crippen LogP contribution >= 0.6 is 22.6 Å². The van der Waals surface area contributed by atoms with Crippen LogP contribution in [0.4, 0.5) is 14.9 Å². The number of hydrogen-bond acceptors (Lipinski definition) is 3. The number of halogens is 2. The highest BCUT2D eigenvalue weighted by atomic mass is 127. The van der Waals surface area contributed by atoms with Crippen molar-refractivity contribution in [2.75, 3.05) is 5.43 Å². The highest BCUT2D eigenvalue weighted by Crippen LogP contribution is 2.29. The standard InChI is InChI=1S/C10H10FIN2O2/c1-10(2)14(9(15)16-10)13-8-4-3-6(12)5-7(8)11/h3-5,13H,1-2H3. The lowest BCUT2D eigenvalue weighted by Gasteiger charge is -2.46. The molecule has 0 atom stereocenters. The number of hydrogen-bond donors (Lipinski definition) is 1. The van der Waals surface area contributed by atoms with Gasteiger partial charge < -0.3 is 4.74 Å². The van der Waals surface area contributed by atoms with Crippen molar-refractivity contribution in [3.8, 4) is 0 Å². The van der Waals surface area contributed by atoms with Crippen LogP contribution in [0.5, 0.6) is 0 Å². The molecule has 1 aromatic carbocycles. The number of hydrazine groups is 1. The normalized spacial score (nSPS) is 17.8. The number of carbonyl (C=O) groups excluding carboxylic acids is 1. The molecular weight excluding hydrogens is 326 g/mol. The van der Waals surface area contributed by atoms with Crippen LogP contribution in [0.15, 0.2) is 18.2 Å². The minimum Gasteiger partial charge on any atom is -0.420 e. The van der Waals surface area contributed by atoms with Crippen LogP contribution in [0.25, 0.3) is 0 Å². The number of carbonyl (C=O) groups is 1. The number of benzene rings is 1. The number of nitrogens with one attached hydrogen (secondary N) is 1. The first-order valence-electron chi connectivity index (χ1n) is 4.65. The summed E-state index contributed by atoms with van der Waals surface area (Å²) in [5.41, 5.74) is 2.21. The van der Waals surface area contributed by atoms with Crippen LogP contribution in [0.2, 0.25) is 0 Å². The van der Waals surface area contributed by atoms with Crippen molar-refractivity contribution in [3.05, 3.63) is 27.6 Å². The summed E-state index contributed by atoms with van der Waals surface area (Å²) in [5.74, 6) is -0.401. The predicted molar refractivity (Wildman–Crippen MR) is 65.1 cm³/mol. The molecular formula is C10H10FIN2O2. The van der Waals surface area contributed by atoms with Gasteiger partial charge in [-0.15, -0.1) is 0 Å². The van der Waals surface area contributed by atoms with Crippen molar-refractivity contribution in [3.63, 3.8) is 0 Å². The summed E-state index contributed by atoms with van der Waals surface area (Å²) in [4.78, 5) is 11.1. The molecule has 6 heteroatoms. The van der Waals surface area contributed by atoms with Gasteiger partial charge in [-0.3, -0.25) is 5.43 Å². The molecule has 1 aliphatic heterocycles. The Balaban J connectivity index is 2.18. The van der Waals surface area contributed by atoms with E-state index in [2.05, 4.69) is 5.43 Å². The average molecular weight is 336 g/mol. The van der Waals surface area contributed by atoms with Gasteiger partial charge >= 0.3 is 6.09 Å². The van der Waals surface area contributed by atoms with E-state index in [0.29, 0.717) is 0 Å². The van der Waals surface area contributed by atoms with Gasteiger partial charge in [0.15, 0.2) is 0 Å². The second kappa shape index (κ2) is 3.76. The maximum Gasteiger partial charge on any atom is 0.434 e. The lowest BCUT2D eigenvalue weighted by molar-refractivity contribution is -0.150. The molecule has 1 fully saturated rings. The molecule has 16 heavy (non-hydrogen) atoms. The van der Waals surface area contributed by atoms with Crippen molar-refractivity contribution in [1.29, 1.82) is 0 Å². The summed E-state index contributed by atoms with van der Waals surface area (Å²) in [6, 6.07) is 4.73. The van der Waals surface area contributed by atoms with Crippen molar-refractivity contribution in [2.45, 2.75) is 19.6 Å². The number of amides is 1. The van der Waals surface area contributed by atoms with Crippen LogP contribution in [-0.4, -0.2) is 16.8 Å². The second-order valence-corrected chi connectivity index (χ2v) is 5.13. The monoisotopic (exact) mass is 336 g/mol. The lowest BCUT2D eigenvalue weighted by Crippen LogP contribution is -2.64. The Labute approximate surface area is 106 Å². The van der Waals surface area contributed by atoms with Gasteiger partial charge in [-0.05, 0) is 54.6 Å². The fraction of sp³-hybridized carbons (Fsp3) is 0.300. The van der Waals surface area contributed by atoms with E-state index in [1.165, 1.54) is 11.1 Å². The Bertz CT molecular complexity index is 450. The second-order valence-electron chi connectivity index (χ2n) is 3.89. The van der Waals surface area contributed by atoms with Crippen LogP contribution in [0.3, 0.4) is 0 Å².